The molecule has 3 N–H and O–H groups in total. The number of aromatic nitrogens is 3. The number of nitrogens with two attached hydrogens (primary N) is 1. The second-order valence-corrected chi connectivity index (χ2v) is 5.05. The van der Waals surface area contributed by atoms with E-state index in [0.717, 1.165) is 0 Å². The third-order valence-electron chi connectivity index (χ3n) is 2.77. The predicted octanol–water partition coefficient (Wildman–Crippen LogP) is 1.82. The van der Waals surface area contributed by atoms with Gasteiger partial charge >= 0.3 is 0 Å². The lowest BCUT2D eigenvalue weighted by atomic mass is 10.3. The van der Waals surface area contributed by atoms with Crippen LogP contribution in [0.2, 0.25) is 10.0 Å². The normalized spacial score (nSPS) is 10.7. The number of aryl methyl sites for hydroxylation is 1. The first kappa shape index (κ1) is 15.8. The summed E-state index contributed by atoms with van der Waals surface area (Å²) < 4.78 is 1.50. The number of nitrogens with one attached hydrogen (secondary N) is 1. The second-order valence-electron chi connectivity index (χ2n) is 4.23. The lowest BCUT2D eigenvalue weighted by Crippen LogP contribution is -2.29. The Labute approximate surface area is 132 Å². The van der Waals surface area contributed by atoms with Gasteiger partial charge in [-0.1, -0.05) is 36.2 Å². The van der Waals surface area contributed by atoms with Gasteiger partial charge in [0.25, 0.3) is 5.91 Å². The zero-order valence-electron chi connectivity index (χ0n) is 11.4. The van der Waals surface area contributed by atoms with E-state index in [1.54, 1.807) is 18.2 Å². The number of amides is 1. The first-order valence-corrected chi connectivity index (χ1v) is 7.22. The molecule has 8 heteroatoms. The summed E-state index contributed by atoms with van der Waals surface area (Å²) >= 11 is 12.4. The highest BCUT2D eigenvalue weighted by Gasteiger charge is 2.19. The summed E-state index contributed by atoms with van der Waals surface area (Å²) in [5, 5.41) is 7.72. The fraction of sp³-hybridized carbons (Fsp3) is 0.308. The summed E-state index contributed by atoms with van der Waals surface area (Å²) in [5.41, 5.74) is 5.87. The van der Waals surface area contributed by atoms with Crippen LogP contribution in [0.3, 0.4) is 0 Å². The molecule has 0 bridgehead atoms. The zero-order valence-corrected chi connectivity index (χ0v) is 12.9. The van der Waals surface area contributed by atoms with Crippen molar-refractivity contribution in [2.75, 3.05) is 13.1 Å². The van der Waals surface area contributed by atoms with Crippen molar-refractivity contribution in [1.29, 1.82) is 0 Å². The van der Waals surface area contributed by atoms with Crippen LogP contribution >= 0.6 is 23.2 Å². The molecule has 0 fully saturated rings. The summed E-state index contributed by atoms with van der Waals surface area (Å²) in [5.74, 6) is 0.288. The topological polar surface area (TPSA) is 85.8 Å². The van der Waals surface area contributed by atoms with E-state index in [0.29, 0.717) is 41.1 Å². The van der Waals surface area contributed by atoms with Gasteiger partial charge in [-0.15, -0.1) is 5.10 Å². The SMILES string of the molecule is CCc1nc(C(=O)NCCN)nn1-c1c(Cl)cccc1Cl. The highest BCUT2D eigenvalue weighted by molar-refractivity contribution is 6.37. The molecule has 1 aromatic heterocycles. The molecule has 0 saturated heterocycles. The van der Waals surface area contributed by atoms with Gasteiger partial charge in [-0.2, -0.15) is 0 Å². The number of carbonyl (C=O) groups is 1. The van der Waals surface area contributed by atoms with Gasteiger partial charge in [0.1, 0.15) is 11.5 Å². The number of hydrogen-bond donors (Lipinski definition) is 2. The van der Waals surface area contributed by atoms with Gasteiger partial charge in [-0.25, -0.2) is 9.67 Å². The van der Waals surface area contributed by atoms with Gasteiger partial charge in [0.2, 0.25) is 5.82 Å². The molecule has 0 aliphatic carbocycles. The third kappa shape index (κ3) is 3.34. The van der Waals surface area contributed by atoms with Crippen molar-refractivity contribution in [1.82, 2.24) is 20.1 Å². The number of rotatable bonds is 5. The van der Waals surface area contributed by atoms with Gasteiger partial charge in [0, 0.05) is 19.5 Å². The van der Waals surface area contributed by atoms with Crippen LogP contribution in [0.25, 0.3) is 5.69 Å². The Morgan fingerprint density at radius 2 is 2.05 bits per heavy atom. The van der Waals surface area contributed by atoms with Crippen molar-refractivity contribution in [2.24, 2.45) is 5.73 Å². The van der Waals surface area contributed by atoms with Crippen LogP contribution in [0.1, 0.15) is 23.4 Å². The van der Waals surface area contributed by atoms with Crippen LogP contribution in [0.15, 0.2) is 18.2 Å². The minimum absolute atomic E-state index is 0.0660. The Hall–Kier alpha value is -1.63. The number of nitrogens with zero attached hydrogens (tertiary/aromatic N) is 3. The molecule has 1 amide bonds. The van der Waals surface area contributed by atoms with Gasteiger partial charge in [-0.05, 0) is 12.1 Å². The Morgan fingerprint density at radius 3 is 2.62 bits per heavy atom. The van der Waals surface area contributed by atoms with Crippen LogP contribution in [-0.2, 0) is 6.42 Å². The molecule has 0 atom stereocenters. The Balaban J connectivity index is 2.45. The van der Waals surface area contributed by atoms with Gasteiger partial charge in [0.15, 0.2) is 0 Å². The number of carbonyl (C=O) groups excluding carboxylic acids is 1. The molecule has 0 unspecified atom stereocenters. The van der Waals surface area contributed by atoms with Crippen LogP contribution in [-0.4, -0.2) is 33.8 Å². The molecule has 0 spiro atoms. The first-order chi connectivity index (χ1) is 10.1. The van der Waals surface area contributed by atoms with Crippen molar-refractivity contribution >= 4 is 29.1 Å². The van der Waals surface area contributed by atoms with Crippen LogP contribution in [0, 0.1) is 0 Å². The Kier molecular flexibility index (Phi) is 5.17. The van der Waals surface area contributed by atoms with Crippen LogP contribution in [0.5, 0.6) is 0 Å². The highest BCUT2D eigenvalue weighted by atomic mass is 35.5. The van der Waals surface area contributed by atoms with E-state index in [1.165, 1.54) is 4.68 Å². The van der Waals surface area contributed by atoms with E-state index in [1.807, 2.05) is 6.92 Å². The largest absolute Gasteiger partial charge is 0.348 e. The molecule has 112 valence electrons. The molecule has 6 nitrogen and oxygen atoms in total. The third-order valence-corrected chi connectivity index (χ3v) is 3.38. The molecule has 21 heavy (non-hydrogen) atoms. The summed E-state index contributed by atoms with van der Waals surface area (Å²) in [4.78, 5) is 16.1. The molecule has 2 aromatic rings. The standard InChI is InChI=1S/C13H15Cl2N5O/c1-2-10-18-12(13(21)17-7-6-16)19-20(10)11-8(14)4-3-5-9(11)15/h3-5H,2,6-7,16H2,1H3,(H,17,21). The fourth-order valence-electron chi connectivity index (χ4n) is 1.80. The maximum atomic E-state index is 11.9. The summed E-state index contributed by atoms with van der Waals surface area (Å²) in [6, 6.07) is 5.15. The average Bonchev–Trinajstić information content (AvgIpc) is 2.88. The highest BCUT2D eigenvalue weighted by Crippen LogP contribution is 2.28. The number of para-hydroxylation sites is 1. The smallest absolute Gasteiger partial charge is 0.291 e. The van der Waals surface area contributed by atoms with Gasteiger partial charge in [0.05, 0.1) is 10.0 Å². The minimum Gasteiger partial charge on any atom is -0.348 e. The molecule has 0 radical (unpaired) electrons. The average molecular weight is 328 g/mol. The fourth-order valence-corrected chi connectivity index (χ4v) is 2.36. The molecule has 0 saturated carbocycles. The maximum absolute atomic E-state index is 11.9. The maximum Gasteiger partial charge on any atom is 0.291 e. The molecule has 0 aliphatic rings. The van der Waals surface area contributed by atoms with Crippen molar-refractivity contribution in [3.63, 3.8) is 0 Å². The monoisotopic (exact) mass is 327 g/mol. The summed E-state index contributed by atoms with van der Waals surface area (Å²) in [6.45, 7) is 2.62. The van der Waals surface area contributed by atoms with Gasteiger partial charge < -0.3 is 11.1 Å². The Bertz CT molecular complexity index is 636. The number of hydrogen-bond acceptors (Lipinski definition) is 4. The van der Waals surface area contributed by atoms with Crippen molar-refractivity contribution in [3.8, 4) is 5.69 Å². The summed E-state index contributed by atoms with van der Waals surface area (Å²) in [6.07, 6.45) is 0.582. The molecule has 2 rings (SSSR count). The van der Waals surface area contributed by atoms with Crippen LogP contribution in [0.4, 0.5) is 0 Å². The van der Waals surface area contributed by atoms with E-state index in [9.17, 15) is 4.79 Å². The van der Waals surface area contributed by atoms with E-state index in [4.69, 9.17) is 28.9 Å². The molecular formula is C13H15Cl2N5O. The minimum atomic E-state index is -0.378. The summed E-state index contributed by atoms with van der Waals surface area (Å²) in [7, 11) is 0. The molecule has 1 heterocycles. The number of halogens is 2. The van der Waals surface area contributed by atoms with E-state index < -0.39 is 0 Å². The quantitative estimate of drug-likeness (QED) is 0.877. The first-order valence-electron chi connectivity index (χ1n) is 6.47. The van der Waals surface area contributed by atoms with Crippen molar-refractivity contribution < 1.29 is 4.79 Å². The van der Waals surface area contributed by atoms with E-state index in [-0.39, 0.29) is 11.7 Å². The van der Waals surface area contributed by atoms with E-state index in [2.05, 4.69) is 15.4 Å². The van der Waals surface area contributed by atoms with Gasteiger partial charge in [-0.3, -0.25) is 4.79 Å². The van der Waals surface area contributed by atoms with E-state index >= 15 is 0 Å². The Morgan fingerprint density at radius 1 is 1.38 bits per heavy atom. The zero-order chi connectivity index (χ0) is 15.4. The molecular weight excluding hydrogens is 313 g/mol. The second kappa shape index (κ2) is 6.89. The molecule has 0 aliphatic heterocycles. The lowest BCUT2D eigenvalue weighted by Gasteiger charge is -2.08. The van der Waals surface area contributed by atoms with Crippen molar-refractivity contribution in [2.45, 2.75) is 13.3 Å². The lowest BCUT2D eigenvalue weighted by molar-refractivity contribution is 0.0944. The predicted molar refractivity (Wildman–Crippen MR) is 82.1 cm³/mol. The number of benzene rings is 1. The van der Waals surface area contributed by atoms with Crippen LogP contribution < -0.4 is 11.1 Å². The van der Waals surface area contributed by atoms with Crippen molar-refractivity contribution in [3.05, 3.63) is 39.9 Å². The molecule has 1 aromatic carbocycles.